The lowest BCUT2D eigenvalue weighted by atomic mass is 10.0. The van der Waals surface area contributed by atoms with Crippen LogP contribution in [0.5, 0.6) is 0 Å². The molecule has 0 saturated carbocycles. The first-order valence-corrected chi connectivity index (χ1v) is 6.61. The van der Waals surface area contributed by atoms with Crippen molar-refractivity contribution in [3.05, 3.63) is 83.6 Å². The molecule has 0 bridgehead atoms. The Morgan fingerprint density at radius 3 is 2.35 bits per heavy atom. The Bertz CT molecular complexity index is 696. The number of furan rings is 1. The van der Waals surface area contributed by atoms with Gasteiger partial charge < -0.3 is 4.42 Å². The molecular formula is C18H15FO. The van der Waals surface area contributed by atoms with Crippen LogP contribution >= 0.6 is 0 Å². The minimum atomic E-state index is -0.213. The summed E-state index contributed by atoms with van der Waals surface area (Å²) in [4.78, 5) is 0. The van der Waals surface area contributed by atoms with Gasteiger partial charge in [0.25, 0.3) is 0 Å². The van der Waals surface area contributed by atoms with Crippen molar-refractivity contribution in [2.45, 2.75) is 13.3 Å². The van der Waals surface area contributed by atoms with Crippen LogP contribution in [0.3, 0.4) is 0 Å². The van der Waals surface area contributed by atoms with E-state index in [1.807, 2.05) is 18.2 Å². The van der Waals surface area contributed by atoms with Gasteiger partial charge in [0.05, 0.1) is 6.26 Å². The van der Waals surface area contributed by atoms with E-state index in [1.165, 1.54) is 12.1 Å². The zero-order valence-corrected chi connectivity index (χ0v) is 11.3. The molecule has 0 unspecified atom stereocenters. The Kier molecular flexibility index (Phi) is 3.38. The molecule has 2 heteroatoms. The van der Waals surface area contributed by atoms with Gasteiger partial charge in [-0.05, 0) is 35.7 Å². The fourth-order valence-corrected chi connectivity index (χ4v) is 2.32. The number of hydrogen-bond donors (Lipinski definition) is 0. The molecule has 1 heterocycles. The number of halogens is 1. The summed E-state index contributed by atoms with van der Waals surface area (Å²) < 4.78 is 18.6. The lowest BCUT2D eigenvalue weighted by molar-refractivity contribution is 0.518. The van der Waals surface area contributed by atoms with Crippen LogP contribution in [0.1, 0.15) is 16.9 Å². The molecule has 3 aromatic rings. The van der Waals surface area contributed by atoms with Crippen molar-refractivity contribution >= 4 is 0 Å². The van der Waals surface area contributed by atoms with Gasteiger partial charge in [-0.15, -0.1) is 0 Å². The quantitative estimate of drug-likeness (QED) is 0.651. The zero-order chi connectivity index (χ0) is 13.9. The van der Waals surface area contributed by atoms with E-state index in [4.69, 9.17) is 4.42 Å². The summed E-state index contributed by atoms with van der Waals surface area (Å²) >= 11 is 0. The molecule has 1 aromatic heterocycles. The zero-order valence-electron chi connectivity index (χ0n) is 11.3. The van der Waals surface area contributed by atoms with Gasteiger partial charge in [0.1, 0.15) is 11.6 Å². The van der Waals surface area contributed by atoms with Crippen LogP contribution in [0, 0.1) is 12.7 Å². The summed E-state index contributed by atoms with van der Waals surface area (Å²) in [5.74, 6) is 0.713. The molecule has 0 N–H and O–H groups in total. The maximum atomic E-state index is 12.9. The molecule has 0 aliphatic rings. The third-order valence-electron chi connectivity index (χ3n) is 3.50. The van der Waals surface area contributed by atoms with E-state index in [0.29, 0.717) is 6.42 Å². The van der Waals surface area contributed by atoms with Crippen LogP contribution < -0.4 is 0 Å². The van der Waals surface area contributed by atoms with E-state index in [2.05, 4.69) is 19.1 Å². The first-order chi connectivity index (χ1) is 9.74. The van der Waals surface area contributed by atoms with Gasteiger partial charge in [-0.1, -0.05) is 42.5 Å². The van der Waals surface area contributed by atoms with Gasteiger partial charge in [0.15, 0.2) is 0 Å². The Balaban J connectivity index is 1.89. The summed E-state index contributed by atoms with van der Waals surface area (Å²) in [5, 5.41) is 0. The van der Waals surface area contributed by atoms with Crippen molar-refractivity contribution in [1.29, 1.82) is 0 Å². The molecule has 20 heavy (non-hydrogen) atoms. The average molecular weight is 266 g/mol. The first kappa shape index (κ1) is 12.7. The number of benzene rings is 2. The molecule has 0 atom stereocenters. The van der Waals surface area contributed by atoms with E-state index in [1.54, 1.807) is 18.4 Å². The van der Waals surface area contributed by atoms with Gasteiger partial charge in [-0.25, -0.2) is 4.39 Å². The van der Waals surface area contributed by atoms with Gasteiger partial charge >= 0.3 is 0 Å². The Hall–Kier alpha value is -2.35. The molecular weight excluding hydrogens is 251 g/mol. The lowest BCUT2D eigenvalue weighted by Crippen LogP contribution is -1.89. The predicted molar refractivity (Wildman–Crippen MR) is 78.1 cm³/mol. The monoisotopic (exact) mass is 266 g/mol. The second kappa shape index (κ2) is 5.33. The number of rotatable bonds is 3. The summed E-state index contributed by atoms with van der Waals surface area (Å²) in [7, 11) is 0. The number of hydrogen-bond acceptors (Lipinski definition) is 1. The van der Waals surface area contributed by atoms with Crippen LogP contribution in [-0.2, 0) is 6.42 Å². The van der Waals surface area contributed by atoms with Crippen molar-refractivity contribution in [2.75, 3.05) is 0 Å². The lowest BCUT2D eigenvalue weighted by Gasteiger charge is -2.02. The standard InChI is InChI=1S/C18H15FO/c1-13-17(15-5-3-2-4-6-15)12-20-18(13)11-14-7-9-16(19)10-8-14/h2-10,12H,11H2,1H3. The molecule has 0 fully saturated rings. The maximum Gasteiger partial charge on any atom is 0.123 e. The minimum absolute atomic E-state index is 0.213. The van der Waals surface area contributed by atoms with Crippen LogP contribution in [0.4, 0.5) is 4.39 Å². The first-order valence-electron chi connectivity index (χ1n) is 6.61. The molecule has 1 nitrogen and oxygen atoms in total. The Morgan fingerprint density at radius 2 is 1.65 bits per heavy atom. The molecule has 0 radical (unpaired) electrons. The normalized spacial score (nSPS) is 10.7. The molecule has 0 amide bonds. The van der Waals surface area contributed by atoms with Crippen LogP contribution in [-0.4, -0.2) is 0 Å². The molecule has 0 saturated heterocycles. The average Bonchev–Trinajstić information content (AvgIpc) is 2.84. The SMILES string of the molecule is Cc1c(-c2ccccc2)coc1Cc1ccc(F)cc1. The second-order valence-corrected chi connectivity index (χ2v) is 4.87. The summed E-state index contributed by atoms with van der Waals surface area (Å²) in [6.07, 6.45) is 2.47. The fourth-order valence-electron chi connectivity index (χ4n) is 2.32. The topological polar surface area (TPSA) is 13.1 Å². The van der Waals surface area contributed by atoms with Crippen molar-refractivity contribution in [3.63, 3.8) is 0 Å². The van der Waals surface area contributed by atoms with E-state index >= 15 is 0 Å². The van der Waals surface area contributed by atoms with Gasteiger partial charge in [0.2, 0.25) is 0 Å². The summed E-state index contributed by atoms with van der Waals surface area (Å²) in [6.45, 7) is 2.06. The van der Waals surface area contributed by atoms with Crippen molar-refractivity contribution < 1.29 is 8.81 Å². The third kappa shape index (κ3) is 2.50. The fraction of sp³-hybridized carbons (Fsp3) is 0.111. The van der Waals surface area contributed by atoms with Crippen LogP contribution in [0.15, 0.2) is 65.3 Å². The van der Waals surface area contributed by atoms with Crippen LogP contribution in [0.25, 0.3) is 11.1 Å². The molecule has 100 valence electrons. The van der Waals surface area contributed by atoms with E-state index in [0.717, 1.165) is 28.0 Å². The van der Waals surface area contributed by atoms with Crippen molar-refractivity contribution in [2.24, 2.45) is 0 Å². The maximum absolute atomic E-state index is 12.9. The molecule has 0 aliphatic carbocycles. The smallest absolute Gasteiger partial charge is 0.123 e. The van der Waals surface area contributed by atoms with Gasteiger partial charge in [-0.3, -0.25) is 0 Å². The van der Waals surface area contributed by atoms with Gasteiger partial charge in [-0.2, -0.15) is 0 Å². The van der Waals surface area contributed by atoms with Crippen LogP contribution in [0.2, 0.25) is 0 Å². The van der Waals surface area contributed by atoms with E-state index in [-0.39, 0.29) is 5.82 Å². The Labute approximate surface area is 117 Å². The predicted octanol–water partition coefficient (Wildman–Crippen LogP) is 4.98. The summed E-state index contributed by atoms with van der Waals surface area (Å²) in [5.41, 5.74) is 4.45. The molecule has 0 spiro atoms. The van der Waals surface area contributed by atoms with E-state index < -0.39 is 0 Å². The summed E-state index contributed by atoms with van der Waals surface area (Å²) in [6, 6.07) is 16.7. The molecule has 3 rings (SSSR count). The third-order valence-corrected chi connectivity index (χ3v) is 3.50. The highest BCUT2D eigenvalue weighted by atomic mass is 19.1. The highest BCUT2D eigenvalue weighted by Crippen LogP contribution is 2.28. The highest BCUT2D eigenvalue weighted by molar-refractivity contribution is 5.67. The highest BCUT2D eigenvalue weighted by Gasteiger charge is 2.11. The minimum Gasteiger partial charge on any atom is -0.468 e. The van der Waals surface area contributed by atoms with Gasteiger partial charge in [0, 0.05) is 12.0 Å². The van der Waals surface area contributed by atoms with Crippen molar-refractivity contribution in [1.82, 2.24) is 0 Å². The second-order valence-electron chi connectivity index (χ2n) is 4.87. The Morgan fingerprint density at radius 1 is 0.950 bits per heavy atom. The van der Waals surface area contributed by atoms with Crippen molar-refractivity contribution in [3.8, 4) is 11.1 Å². The molecule has 2 aromatic carbocycles. The van der Waals surface area contributed by atoms with E-state index in [9.17, 15) is 4.39 Å². The molecule has 0 aliphatic heterocycles. The largest absolute Gasteiger partial charge is 0.468 e.